The van der Waals surface area contributed by atoms with E-state index in [0.29, 0.717) is 17.3 Å². The van der Waals surface area contributed by atoms with Crippen molar-refractivity contribution in [2.45, 2.75) is 6.92 Å². The van der Waals surface area contributed by atoms with Crippen molar-refractivity contribution in [3.63, 3.8) is 0 Å². The molecule has 0 saturated heterocycles. The average molecular weight is 211 g/mol. The number of ether oxygens (including phenoxy) is 1. The van der Waals surface area contributed by atoms with E-state index >= 15 is 0 Å². The quantitative estimate of drug-likeness (QED) is 0.765. The highest BCUT2D eigenvalue weighted by Crippen LogP contribution is 2.22. The van der Waals surface area contributed by atoms with Gasteiger partial charge in [-0.3, -0.25) is 0 Å². The monoisotopic (exact) mass is 211 g/mol. The first-order chi connectivity index (χ1) is 7.79. The first-order valence-corrected chi connectivity index (χ1v) is 4.75. The summed E-state index contributed by atoms with van der Waals surface area (Å²) in [6, 6.07) is 9.30. The molecular formula is C12H9N3O. The molecule has 78 valence electrons. The van der Waals surface area contributed by atoms with Crippen LogP contribution in [0.2, 0.25) is 0 Å². The number of aryl methyl sites for hydroxylation is 1. The Kier molecular flexibility index (Phi) is 2.79. The van der Waals surface area contributed by atoms with Gasteiger partial charge in [0.2, 0.25) is 0 Å². The van der Waals surface area contributed by atoms with E-state index < -0.39 is 0 Å². The molecule has 1 aromatic heterocycles. The number of aromatic nitrogens is 2. The zero-order valence-electron chi connectivity index (χ0n) is 8.71. The molecule has 4 heteroatoms. The third kappa shape index (κ3) is 2.15. The first kappa shape index (κ1) is 10.1. The van der Waals surface area contributed by atoms with Crippen LogP contribution in [0.1, 0.15) is 11.1 Å². The Bertz CT molecular complexity index is 532. The first-order valence-electron chi connectivity index (χ1n) is 4.75. The van der Waals surface area contributed by atoms with Gasteiger partial charge in [-0.05, 0) is 36.8 Å². The highest BCUT2D eigenvalue weighted by Gasteiger charge is 2.03. The van der Waals surface area contributed by atoms with E-state index in [4.69, 9.17) is 10.00 Å². The van der Waals surface area contributed by atoms with Crippen molar-refractivity contribution in [1.82, 2.24) is 9.97 Å². The summed E-state index contributed by atoms with van der Waals surface area (Å²) in [6.45, 7) is 1.87. The molecule has 1 aromatic carbocycles. The normalized spacial score (nSPS) is 9.50. The van der Waals surface area contributed by atoms with Gasteiger partial charge in [0, 0.05) is 12.4 Å². The number of hydrogen-bond donors (Lipinski definition) is 0. The molecule has 2 rings (SSSR count). The van der Waals surface area contributed by atoms with Crippen molar-refractivity contribution in [1.29, 1.82) is 5.26 Å². The molecule has 2 aromatic rings. The molecule has 0 spiro atoms. The van der Waals surface area contributed by atoms with E-state index in [1.165, 1.54) is 0 Å². The standard InChI is InChI=1S/C12H9N3O/c1-9-7-10(8-13)3-4-11(9)16-12-14-5-2-6-15-12/h2-7H,1H3. The molecule has 0 fully saturated rings. The molecule has 0 aliphatic carbocycles. The smallest absolute Gasteiger partial charge is 0.321 e. The molecule has 16 heavy (non-hydrogen) atoms. The van der Waals surface area contributed by atoms with Gasteiger partial charge < -0.3 is 4.74 Å². The van der Waals surface area contributed by atoms with Crippen molar-refractivity contribution in [3.05, 3.63) is 47.8 Å². The topological polar surface area (TPSA) is 58.8 Å². The summed E-state index contributed by atoms with van der Waals surface area (Å²) in [4.78, 5) is 7.92. The predicted molar refractivity (Wildman–Crippen MR) is 58.0 cm³/mol. The van der Waals surface area contributed by atoms with E-state index in [-0.39, 0.29) is 0 Å². The number of benzene rings is 1. The summed E-state index contributed by atoms with van der Waals surface area (Å²) in [5.74, 6) is 0.658. The van der Waals surface area contributed by atoms with E-state index in [2.05, 4.69) is 16.0 Å². The highest BCUT2D eigenvalue weighted by atomic mass is 16.5. The van der Waals surface area contributed by atoms with Crippen LogP contribution in [0.3, 0.4) is 0 Å². The largest absolute Gasteiger partial charge is 0.424 e. The maximum atomic E-state index is 8.73. The van der Waals surface area contributed by atoms with Gasteiger partial charge in [-0.15, -0.1) is 0 Å². The van der Waals surface area contributed by atoms with Crippen LogP contribution < -0.4 is 4.74 Å². The molecule has 0 amide bonds. The molecule has 0 unspecified atom stereocenters. The number of nitrogens with zero attached hydrogens (tertiary/aromatic N) is 3. The lowest BCUT2D eigenvalue weighted by Gasteiger charge is -2.06. The fourth-order valence-electron chi connectivity index (χ4n) is 1.27. The summed E-state index contributed by atoms with van der Waals surface area (Å²) in [5, 5.41) is 8.73. The summed E-state index contributed by atoms with van der Waals surface area (Å²) in [7, 11) is 0. The number of hydrogen-bond acceptors (Lipinski definition) is 4. The molecule has 0 aliphatic rings. The van der Waals surface area contributed by atoms with Gasteiger partial charge in [-0.25, -0.2) is 9.97 Å². The summed E-state index contributed by atoms with van der Waals surface area (Å²) >= 11 is 0. The van der Waals surface area contributed by atoms with Crippen molar-refractivity contribution in [2.75, 3.05) is 0 Å². The Morgan fingerprint density at radius 3 is 2.62 bits per heavy atom. The van der Waals surface area contributed by atoms with Crippen LogP contribution in [-0.2, 0) is 0 Å². The molecule has 4 nitrogen and oxygen atoms in total. The zero-order chi connectivity index (χ0) is 11.4. The van der Waals surface area contributed by atoms with Gasteiger partial charge in [-0.2, -0.15) is 5.26 Å². The second-order valence-corrected chi connectivity index (χ2v) is 3.23. The molecule has 0 bridgehead atoms. The lowest BCUT2D eigenvalue weighted by molar-refractivity contribution is 0.438. The molecule has 0 atom stereocenters. The summed E-state index contributed by atoms with van der Waals surface area (Å²) in [6.07, 6.45) is 3.22. The fraction of sp³-hybridized carbons (Fsp3) is 0.0833. The Morgan fingerprint density at radius 1 is 1.25 bits per heavy atom. The fourth-order valence-corrected chi connectivity index (χ4v) is 1.27. The molecular weight excluding hydrogens is 202 g/mol. The Morgan fingerprint density at radius 2 is 2.00 bits per heavy atom. The van der Waals surface area contributed by atoms with Gasteiger partial charge in [-0.1, -0.05) is 0 Å². The van der Waals surface area contributed by atoms with Crippen LogP contribution in [-0.4, -0.2) is 9.97 Å². The zero-order valence-corrected chi connectivity index (χ0v) is 8.71. The Hall–Kier alpha value is -2.41. The molecule has 1 heterocycles. The number of nitriles is 1. The van der Waals surface area contributed by atoms with E-state index in [1.807, 2.05) is 6.92 Å². The highest BCUT2D eigenvalue weighted by molar-refractivity contribution is 5.42. The Labute approximate surface area is 93.2 Å². The summed E-state index contributed by atoms with van der Waals surface area (Å²) < 4.78 is 5.48. The van der Waals surface area contributed by atoms with Crippen LogP contribution in [0.5, 0.6) is 11.8 Å². The maximum absolute atomic E-state index is 8.73. The molecule has 0 radical (unpaired) electrons. The predicted octanol–water partition coefficient (Wildman–Crippen LogP) is 2.45. The van der Waals surface area contributed by atoms with Crippen LogP contribution in [0.4, 0.5) is 0 Å². The van der Waals surface area contributed by atoms with E-state index in [0.717, 1.165) is 5.56 Å². The Balaban J connectivity index is 2.27. The van der Waals surface area contributed by atoms with Crippen molar-refractivity contribution < 1.29 is 4.74 Å². The maximum Gasteiger partial charge on any atom is 0.321 e. The van der Waals surface area contributed by atoms with Crippen LogP contribution >= 0.6 is 0 Å². The molecule has 0 aliphatic heterocycles. The minimum absolute atomic E-state index is 0.301. The van der Waals surface area contributed by atoms with Gasteiger partial charge in [0.1, 0.15) is 5.75 Å². The third-order valence-corrected chi connectivity index (χ3v) is 2.05. The lowest BCUT2D eigenvalue weighted by Crippen LogP contribution is -1.92. The van der Waals surface area contributed by atoms with Crippen molar-refractivity contribution >= 4 is 0 Å². The SMILES string of the molecule is Cc1cc(C#N)ccc1Oc1ncccn1. The van der Waals surface area contributed by atoms with Crippen LogP contribution in [0.25, 0.3) is 0 Å². The van der Waals surface area contributed by atoms with E-state index in [9.17, 15) is 0 Å². The van der Waals surface area contributed by atoms with E-state index in [1.54, 1.807) is 36.7 Å². The third-order valence-electron chi connectivity index (χ3n) is 2.05. The second-order valence-electron chi connectivity index (χ2n) is 3.23. The second kappa shape index (κ2) is 4.41. The molecule has 0 saturated carbocycles. The minimum atomic E-state index is 0.301. The van der Waals surface area contributed by atoms with Crippen molar-refractivity contribution in [3.8, 4) is 17.8 Å². The van der Waals surface area contributed by atoms with Crippen LogP contribution in [0, 0.1) is 18.3 Å². The lowest BCUT2D eigenvalue weighted by atomic mass is 10.1. The van der Waals surface area contributed by atoms with Gasteiger partial charge >= 0.3 is 6.01 Å². The van der Waals surface area contributed by atoms with Crippen LogP contribution in [0.15, 0.2) is 36.7 Å². The molecule has 0 N–H and O–H groups in total. The summed E-state index contributed by atoms with van der Waals surface area (Å²) in [5.41, 5.74) is 1.49. The van der Waals surface area contributed by atoms with Gasteiger partial charge in [0.05, 0.1) is 11.6 Å². The van der Waals surface area contributed by atoms with Crippen molar-refractivity contribution in [2.24, 2.45) is 0 Å². The average Bonchev–Trinajstić information content (AvgIpc) is 2.33. The number of rotatable bonds is 2. The van der Waals surface area contributed by atoms with Gasteiger partial charge in [0.25, 0.3) is 0 Å². The minimum Gasteiger partial charge on any atom is -0.424 e. The van der Waals surface area contributed by atoms with Gasteiger partial charge in [0.15, 0.2) is 0 Å².